The van der Waals surface area contributed by atoms with Crippen LogP contribution in [0.1, 0.15) is 4.88 Å². The third kappa shape index (κ3) is 5.16. The second-order valence-corrected chi connectivity index (χ2v) is 10.4. The molecule has 0 aliphatic heterocycles. The molecule has 0 saturated heterocycles. The Morgan fingerprint density at radius 3 is 2.62 bits per heavy atom. The summed E-state index contributed by atoms with van der Waals surface area (Å²) in [4.78, 5) is 29.7. The Morgan fingerprint density at radius 1 is 1.12 bits per heavy atom. The van der Waals surface area contributed by atoms with Gasteiger partial charge < -0.3 is 15.8 Å². The lowest BCUT2D eigenvalue weighted by molar-refractivity contribution is -0.144. The van der Waals surface area contributed by atoms with Crippen LogP contribution in [0, 0.1) is 0 Å². The largest absolute Gasteiger partial charge is 0.467 e. The van der Waals surface area contributed by atoms with Crippen LogP contribution in [-0.2, 0) is 30.8 Å². The van der Waals surface area contributed by atoms with Crippen LogP contribution in [0.4, 0.5) is 5.82 Å². The van der Waals surface area contributed by atoms with Gasteiger partial charge in [-0.3, -0.25) is 4.79 Å². The van der Waals surface area contributed by atoms with E-state index in [1.54, 1.807) is 18.3 Å². The number of aromatic nitrogens is 1. The molecule has 0 aliphatic carbocycles. The Labute approximate surface area is 200 Å². The number of nitrogens with two attached hydrogens (primary N) is 1. The van der Waals surface area contributed by atoms with E-state index >= 15 is 0 Å². The van der Waals surface area contributed by atoms with Gasteiger partial charge in [-0.05, 0) is 35.0 Å². The zero-order chi connectivity index (χ0) is 24.3. The number of hydrogen-bond acceptors (Lipinski definition) is 8. The topological polar surface area (TPSA) is 140 Å². The predicted molar refractivity (Wildman–Crippen MR) is 131 cm³/mol. The zero-order valence-electron chi connectivity index (χ0n) is 18.1. The van der Waals surface area contributed by atoms with Gasteiger partial charge in [0.1, 0.15) is 11.9 Å². The number of amides is 1. The fourth-order valence-electron chi connectivity index (χ4n) is 3.50. The number of methoxy groups -OCH3 is 1. The van der Waals surface area contributed by atoms with Crippen molar-refractivity contribution in [3.8, 4) is 0 Å². The van der Waals surface area contributed by atoms with Crippen LogP contribution in [0.3, 0.4) is 0 Å². The van der Waals surface area contributed by atoms with Crippen LogP contribution >= 0.6 is 11.3 Å². The third-order valence-corrected chi connectivity index (χ3v) is 7.73. The van der Waals surface area contributed by atoms with Gasteiger partial charge in [0, 0.05) is 27.6 Å². The zero-order valence-corrected chi connectivity index (χ0v) is 19.8. The van der Waals surface area contributed by atoms with Gasteiger partial charge in [0.15, 0.2) is 0 Å². The Morgan fingerprint density at radius 2 is 1.88 bits per heavy atom. The first-order valence-corrected chi connectivity index (χ1v) is 12.6. The number of nitrogens with one attached hydrogen (secondary N) is 2. The SMILES string of the molecule is COC(=O)C(Cc1cc2c(N)nccc2s1)NC(=O)CNS(=O)(=O)c1ccc2ccccc2c1. The van der Waals surface area contributed by atoms with Gasteiger partial charge in [0.25, 0.3) is 0 Å². The number of ether oxygens (including phenoxy) is 1. The van der Waals surface area contributed by atoms with Crippen molar-refractivity contribution in [2.24, 2.45) is 0 Å². The first kappa shape index (κ1) is 23.6. The third-order valence-electron chi connectivity index (χ3n) is 5.21. The van der Waals surface area contributed by atoms with Crippen LogP contribution < -0.4 is 15.8 Å². The van der Waals surface area contributed by atoms with E-state index in [0.717, 1.165) is 25.7 Å². The van der Waals surface area contributed by atoms with Crippen molar-refractivity contribution in [1.82, 2.24) is 15.0 Å². The minimum absolute atomic E-state index is 0.0417. The molecular weight excluding hydrogens is 476 g/mol. The van der Waals surface area contributed by atoms with Crippen molar-refractivity contribution in [2.75, 3.05) is 19.4 Å². The number of sulfonamides is 1. The number of nitrogen functional groups attached to an aromatic ring is 1. The number of rotatable bonds is 8. The van der Waals surface area contributed by atoms with Crippen molar-refractivity contribution in [3.05, 3.63) is 65.7 Å². The first-order valence-electron chi connectivity index (χ1n) is 10.3. The summed E-state index contributed by atoms with van der Waals surface area (Å²) in [5.74, 6) is -0.932. The predicted octanol–water partition coefficient (Wildman–Crippen LogP) is 2.21. The van der Waals surface area contributed by atoms with Gasteiger partial charge in [0.05, 0.1) is 18.6 Å². The van der Waals surface area contributed by atoms with Crippen molar-refractivity contribution in [3.63, 3.8) is 0 Å². The van der Waals surface area contributed by atoms with E-state index in [1.165, 1.54) is 30.6 Å². The molecule has 176 valence electrons. The summed E-state index contributed by atoms with van der Waals surface area (Å²) < 4.78 is 33.4. The van der Waals surface area contributed by atoms with Crippen LogP contribution in [0.15, 0.2) is 65.7 Å². The second-order valence-electron chi connectivity index (χ2n) is 7.50. The lowest BCUT2D eigenvalue weighted by Crippen LogP contribution is -2.46. The first-order chi connectivity index (χ1) is 16.3. The van der Waals surface area contributed by atoms with E-state index in [-0.39, 0.29) is 11.3 Å². The normalized spacial score (nSPS) is 12.5. The summed E-state index contributed by atoms with van der Waals surface area (Å²) in [5.41, 5.74) is 5.89. The summed E-state index contributed by atoms with van der Waals surface area (Å²) in [5, 5.41) is 4.98. The molecule has 9 nitrogen and oxygen atoms in total. The average Bonchev–Trinajstić information content (AvgIpc) is 3.25. The molecule has 0 saturated carbocycles. The maximum atomic E-state index is 12.7. The number of pyridine rings is 1. The number of carbonyl (C=O) groups excluding carboxylic acids is 2. The molecule has 34 heavy (non-hydrogen) atoms. The highest BCUT2D eigenvalue weighted by Crippen LogP contribution is 2.29. The number of anilines is 1. The molecule has 11 heteroatoms. The molecule has 4 N–H and O–H groups in total. The fourth-order valence-corrected chi connectivity index (χ4v) is 5.63. The molecule has 0 fully saturated rings. The van der Waals surface area contributed by atoms with E-state index in [0.29, 0.717) is 5.82 Å². The van der Waals surface area contributed by atoms with Crippen LogP contribution in [-0.4, -0.2) is 45.0 Å². The van der Waals surface area contributed by atoms with Crippen molar-refractivity contribution >= 4 is 59.9 Å². The summed E-state index contributed by atoms with van der Waals surface area (Å²) in [7, 11) is -2.72. The quantitative estimate of drug-likeness (QED) is 0.316. The number of fused-ring (bicyclic) bond motifs is 2. The van der Waals surface area contributed by atoms with E-state index < -0.39 is 34.5 Å². The minimum atomic E-state index is -3.94. The lowest BCUT2D eigenvalue weighted by Gasteiger charge is -2.16. The number of nitrogens with zero attached hydrogens (tertiary/aromatic N) is 1. The number of thiophene rings is 1. The van der Waals surface area contributed by atoms with Gasteiger partial charge in [0.2, 0.25) is 15.9 Å². The van der Waals surface area contributed by atoms with E-state index in [9.17, 15) is 18.0 Å². The van der Waals surface area contributed by atoms with Gasteiger partial charge in [-0.2, -0.15) is 0 Å². The molecule has 4 aromatic rings. The van der Waals surface area contributed by atoms with Gasteiger partial charge in [-0.1, -0.05) is 30.3 Å². The molecule has 2 aromatic carbocycles. The molecule has 1 amide bonds. The van der Waals surface area contributed by atoms with E-state index in [4.69, 9.17) is 10.5 Å². The number of carbonyl (C=O) groups is 2. The number of hydrogen-bond donors (Lipinski definition) is 3. The average molecular weight is 499 g/mol. The highest BCUT2D eigenvalue weighted by atomic mass is 32.2. The second kappa shape index (κ2) is 9.75. The highest BCUT2D eigenvalue weighted by molar-refractivity contribution is 7.89. The van der Waals surface area contributed by atoms with Crippen LogP contribution in [0.2, 0.25) is 0 Å². The van der Waals surface area contributed by atoms with E-state index in [2.05, 4.69) is 15.0 Å². The molecule has 1 atom stereocenters. The number of benzene rings is 2. The number of esters is 1. The summed E-state index contributed by atoms with van der Waals surface area (Å²) >= 11 is 1.42. The van der Waals surface area contributed by atoms with Gasteiger partial charge in [-0.25, -0.2) is 22.9 Å². The fraction of sp³-hybridized carbons (Fsp3) is 0.174. The molecule has 0 radical (unpaired) electrons. The van der Waals surface area contributed by atoms with Crippen LogP contribution in [0.25, 0.3) is 20.9 Å². The smallest absolute Gasteiger partial charge is 0.328 e. The van der Waals surface area contributed by atoms with Crippen molar-refractivity contribution in [2.45, 2.75) is 17.4 Å². The maximum absolute atomic E-state index is 12.7. The highest BCUT2D eigenvalue weighted by Gasteiger charge is 2.24. The minimum Gasteiger partial charge on any atom is -0.467 e. The standard InChI is InChI=1S/C23H22N4O5S2/c1-32-23(29)19(12-16-11-18-20(33-16)8-9-25-22(18)24)27-21(28)13-26-34(30,31)17-7-6-14-4-2-3-5-15(14)10-17/h2-11,19,26H,12-13H2,1H3,(H2,24,25)(H,27,28). The Kier molecular flexibility index (Phi) is 6.77. The molecule has 2 aromatic heterocycles. The monoisotopic (exact) mass is 498 g/mol. The lowest BCUT2D eigenvalue weighted by atomic mass is 10.1. The Balaban J connectivity index is 1.43. The van der Waals surface area contributed by atoms with Gasteiger partial charge >= 0.3 is 5.97 Å². The summed E-state index contributed by atoms with van der Waals surface area (Å²) in [6.07, 6.45) is 1.76. The molecule has 4 rings (SSSR count). The van der Waals surface area contributed by atoms with E-state index in [1.807, 2.05) is 30.3 Å². The molecule has 0 aliphatic rings. The maximum Gasteiger partial charge on any atom is 0.328 e. The summed E-state index contributed by atoms with van der Waals surface area (Å²) in [6, 6.07) is 14.7. The van der Waals surface area contributed by atoms with Crippen LogP contribution in [0.5, 0.6) is 0 Å². The molecule has 1 unspecified atom stereocenters. The molecule has 2 heterocycles. The molecule has 0 bridgehead atoms. The van der Waals surface area contributed by atoms with Crippen molar-refractivity contribution < 1.29 is 22.7 Å². The Bertz CT molecular complexity index is 1480. The van der Waals surface area contributed by atoms with Crippen molar-refractivity contribution in [1.29, 1.82) is 0 Å². The molecule has 0 spiro atoms. The van der Waals surface area contributed by atoms with Gasteiger partial charge in [-0.15, -0.1) is 11.3 Å². The summed E-state index contributed by atoms with van der Waals surface area (Å²) in [6.45, 7) is -0.536. The Hall–Kier alpha value is -3.54. The molecular formula is C23H22N4O5S2.